The molecule has 0 unspecified atom stereocenters. The van der Waals surface area contributed by atoms with Gasteiger partial charge in [0.1, 0.15) is 5.01 Å². The second-order valence-corrected chi connectivity index (χ2v) is 5.53. The first-order chi connectivity index (χ1) is 8.28. The highest BCUT2D eigenvalue weighted by Gasteiger charge is 2.14. The molecule has 0 bridgehead atoms. The number of likely N-dealkylation sites (N-methyl/N-ethyl adjacent to an activating group) is 1. The van der Waals surface area contributed by atoms with Crippen molar-refractivity contribution in [1.82, 2.24) is 20.1 Å². The maximum absolute atomic E-state index is 4.66. The average molecular weight is 254 g/mol. The van der Waals surface area contributed by atoms with Gasteiger partial charge in [-0.2, -0.15) is 0 Å². The quantitative estimate of drug-likeness (QED) is 0.849. The third-order valence-corrected chi connectivity index (χ3v) is 4.00. The fraction of sp³-hybridized carbons (Fsp3) is 0.750. The van der Waals surface area contributed by atoms with Crippen LogP contribution in [0.25, 0.3) is 0 Å². The molecular weight excluding hydrogens is 232 g/mol. The Hall–Kier alpha value is -0.490. The Labute approximate surface area is 108 Å². The van der Waals surface area contributed by atoms with Crippen molar-refractivity contribution in [1.29, 1.82) is 0 Å². The van der Waals surface area contributed by atoms with Crippen LogP contribution < -0.4 is 5.32 Å². The molecule has 17 heavy (non-hydrogen) atoms. The summed E-state index contributed by atoms with van der Waals surface area (Å²) in [5.41, 5.74) is 1.23. The predicted octanol–water partition coefficient (Wildman–Crippen LogP) is 1.00. The summed E-state index contributed by atoms with van der Waals surface area (Å²) >= 11 is 1.77. The van der Waals surface area contributed by atoms with Crippen LogP contribution in [0.1, 0.15) is 17.6 Å². The van der Waals surface area contributed by atoms with Gasteiger partial charge in [-0.1, -0.05) is 6.92 Å². The summed E-state index contributed by atoms with van der Waals surface area (Å²) in [4.78, 5) is 9.54. The van der Waals surface area contributed by atoms with Gasteiger partial charge in [-0.15, -0.1) is 11.3 Å². The van der Waals surface area contributed by atoms with Crippen molar-refractivity contribution in [2.24, 2.45) is 0 Å². The highest BCUT2D eigenvalue weighted by Crippen LogP contribution is 2.12. The van der Waals surface area contributed by atoms with E-state index < -0.39 is 0 Å². The lowest BCUT2D eigenvalue weighted by atomic mass is 10.3. The molecule has 0 spiro atoms. The van der Waals surface area contributed by atoms with E-state index in [9.17, 15) is 0 Å². The number of hydrogen-bond acceptors (Lipinski definition) is 5. The SMILES string of the molecule is CCNCc1nc(CN2CCN(C)CC2)cs1. The summed E-state index contributed by atoms with van der Waals surface area (Å²) in [5, 5.41) is 6.72. The molecule has 0 aliphatic carbocycles. The molecule has 4 nitrogen and oxygen atoms in total. The Balaban J connectivity index is 1.80. The van der Waals surface area contributed by atoms with Crippen LogP contribution in [0.3, 0.4) is 0 Å². The zero-order valence-corrected chi connectivity index (χ0v) is 11.6. The second kappa shape index (κ2) is 6.44. The van der Waals surface area contributed by atoms with Gasteiger partial charge in [-0.3, -0.25) is 4.90 Å². The second-order valence-electron chi connectivity index (χ2n) is 4.59. The molecule has 96 valence electrons. The summed E-state index contributed by atoms with van der Waals surface area (Å²) in [6.45, 7) is 9.72. The van der Waals surface area contributed by atoms with Crippen LogP contribution >= 0.6 is 11.3 Å². The van der Waals surface area contributed by atoms with E-state index in [1.165, 1.54) is 23.8 Å². The third kappa shape index (κ3) is 4.03. The van der Waals surface area contributed by atoms with Crippen LogP contribution in [-0.4, -0.2) is 54.6 Å². The van der Waals surface area contributed by atoms with E-state index in [0.29, 0.717) is 0 Å². The molecule has 0 radical (unpaired) electrons. The Morgan fingerprint density at radius 3 is 2.82 bits per heavy atom. The van der Waals surface area contributed by atoms with Crippen molar-refractivity contribution < 1.29 is 0 Å². The Kier molecular flexibility index (Phi) is 4.91. The number of hydrogen-bond donors (Lipinski definition) is 1. The van der Waals surface area contributed by atoms with Crippen LogP contribution in [0.2, 0.25) is 0 Å². The van der Waals surface area contributed by atoms with Crippen molar-refractivity contribution >= 4 is 11.3 Å². The van der Waals surface area contributed by atoms with Gasteiger partial charge in [-0.05, 0) is 13.6 Å². The number of rotatable bonds is 5. The van der Waals surface area contributed by atoms with E-state index in [4.69, 9.17) is 0 Å². The molecule has 1 N–H and O–H groups in total. The lowest BCUT2D eigenvalue weighted by Crippen LogP contribution is -2.43. The van der Waals surface area contributed by atoms with Gasteiger partial charge in [0.25, 0.3) is 0 Å². The molecular formula is C12H22N4S. The van der Waals surface area contributed by atoms with Gasteiger partial charge in [0.05, 0.1) is 5.69 Å². The highest BCUT2D eigenvalue weighted by atomic mass is 32.1. The zero-order valence-electron chi connectivity index (χ0n) is 10.8. The maximum atomic E-state index is 4.66. The highest BCUT2D eigenvalue weighted by molar-refractivity contribution is 7.09. The van der Waals surface area contributed by atoms with Gasteiger partial charge < -0.3 is 10.2 Å². The van der Waals surface area contributed by atoms with E-state index in [-0.39, 0.29) is 0 Å². The minimum atomic E-state index is 0.907. The predicted molar refractivity (Wildman–Crippen MR) is 72.3 cm³/mol. The van der Waals surface area contributed by atoms with Gasteiger partial charge >= 0.3 is 0 Å². The van der Waals surface area contributed by atoms with Gasteiger partial charge in [0.15, 0.2) is 0 Å². The minimum absolute atomic E-state index is 0.907. The number of nitrogens with one attached hydrogen (secondary N) is 1. The Morgan fingerprint density at radius 2 is 2.12 bits per heavy atom. The van der Waals surface area contributed by atoms with Crippen molar-refractivity contribution in [3.63, 3.8) is 0 Å². The zero-order chi connectivity index (χ0) is 12.1. The number of nitrogens with zero attached hydrogens (tertiary/aromatic N) is 3. The van der Waals surface area contributed by atoms with Gasteiger partial charge in [0.2, 0.25) is 0 Å². The maximum Gasteiger partial charge on any atom is 0.107 e. The van der Waals surface area contributed by atoms with Crippen LogP contribution in [0.5, 0.6) is 0 Å². The fourth-order valence-corrected chi connectivity index (χ4v) is 2.72. The standard InChI is InChI=1S/C12H22N4S/c1-3-13-8-12-14-11(10-17-12)9-16-6-4-15(2)5-7-16/h10,13H,3-9H2,1-2H3. The summed E-state index contributed by atoms with van der Waals surface area (Å²) in [7, 11) is 2.19. The van der Waals surface area contributed by atoms with Crippen LogP contribution in [-0.2, 0) is 13.1 Å². The lowest BCUT2D eigenvalue weighted by Gasteiger charge is -2.31. The van der Waals surface area contributed by atoms with E-state index in [1.54, 1.807) is 11.3 Å². The molecule has 1 saturated heterocycles. The van der Waals surface area contributed by atoms with Crippen molar-refractivity contribution in [2.45, 2.75) is 20.0 Å². The van der Waals surface area contributed by atoms with Crippen molar-refractivity contribution in [3.8, 4) is 0 Å². The summed E-state index contributed by atoms with van der Waals surface area (Å²) in [5.74, 6) is 0. The lowest BCUT2D eigenvalue weighted by molar-refractivity contribution is 0.147. The molecule has 0 saturated carbocycles. The molecule has 5 heteroatoms. The number of aromatic nitrogens is 1. The minimum Gasteiger partial charge on any atom is -0.311 e. The van der Waals surface area contributed by atoms with E-state index in [0.717, 1.165) is 32.7 Å². The average Bonchev–Trinajstić information content (AvgIpc) is 2.77. The summed E-state index contributed by atoms with van der Waals surface area (Å²) < 4.78 is 0. The Morgan fingerprint density at radius 1 is 1.35 bits per heavy atom. The first kappa shape index (κ1) is 13.0. The van der Waals surface area contributed by atoms with E-state index in [2.05, 4.69) is 39.5 Å². The van der Waals surface area contributed by atoms with Crippen molar-refractivity contribution in [2.75, 3.05) is 39.8 Å². The summed E-state index contributed by atoms with van der Waals surface area (Å²) in [6.07, 6.45) is 0. The fourth-order valence-electron chi connectivity index (χ4n) is 1.97. The van der Waals surface area contributed by atoms with Crippen molar-refractivity contribution in [3.05, 3.63) is 16.1 Å². The molecule has 0 aromatic carbocycles. The number of piperazine rings is 1. The molecule has 1 aliphatic heterocycles. The third-order valence-electron chi connectivity index (χ3n) is 3.11. The molecule has 1 aromatic heterocycles. The van der Waals surface area contributed by atoms with Crippen LogP contribution in [0.15, 0.2) is 5.38 Å². The molecule has 2 heterocycles. The topological polar surface area (TPSA) is 31.4 Å². The number of thiazole rings is 1. The smallest absolute Gasteiger partial charge is 0.107 e. The first-order valence-corrected chi connectivity index (χ1v) is 7.21. The van der Waals surface area contributed by atoms with E-state index >= 15 is 0 Å². The van der Waals surface area contributed by atoms with Crippen LogP contribution in [0.4, 0.5) is 0 Å². The van der Waals surface area contributed by atoms with Gasteiger partial charge in [0, 0.05) is 44.6 Å². The molecule has 1 aliphatic rings. The van der Waals surface area contributed by atoms with Gasteiger partial charge in [-0.25, -0.2) is 4.98 Å². The summed E-state index contributed by atoms with van der Waals surface area (Å²) in [6, 6.07) is 0. The first-order valence-electron chi connectivity index (χ1n) is 6.33. The molecule has 1 aromatic rings. The van der Waals surface area contributed by atoms with Crippen LogP contribution in [0, 0.1) is 0 Å². The monoisotopic (exact) mass is 254 g/mol. The molecule has 1 fully saturated rings. The van der Waals surface area contributed by atoms with E-state index in [1.807, 2.05) is 0 Å². The molecule has 0 amide bonds. The normalized spacial score (nSPS) is 18.7. The largest absolute Gasteiger partial charge is 0.311 e. The molecule has 2 rings (SSSR count). The molecule has 0 atom stereocenters. The Bertz CT molecular complexity index is 331.